The van der Waals surface area contributed by atoms with Gasteiger partial charge in [0.25, 0.3) is 11.8 Å². The van der Waals surface area contributed by atoms with E-state index >= 15 is 0 Å². The van der Waals surface area contributed by atoms with E-state index in [1.165, 1.54) is 25.3 Å². The van der Waals surface area contributed by atoms with Gasteiger partial charge >= 0.3 is 6.03 Å². The highest BCUT2D eigenvalue weighted by Gasteiger charge is 2.36. The van der Waals surface area contributed by atoms with E-state index in [0.717, 1.165) is 10.5 Å². The summed E-state index contributed by atoms with van der Waals surface area (Å²) in [6, 6.07) is 8.69. The number of imide groups is 2. The molecule has 0 atom stereocenters. The standard InChI is InChI=1S/C19H15ClN2O5/c1-10-3-5-12(6-4-10)22-18(25)13(17(24)21-19(22)26)7-11-8-14(20)16(23)15(9-11)27-2/h3-9,23H,1-2H3,(H,21,24,26)/b13-7-. The maximum Gasteiger partial charge on any atom is 0.335 e. The molecule has 0 spiro atoms. The lowest BCUT2D eigenvalue weighted by atomic mass is 10.1. The molecule has 0 aromatic heterocycles. The van der Waals surface area contributed by atoms with Crippen LogP contribution in [0, 0.1) is 6.92 Å². The van der Waals surface area contributed by atoms with Gasteiger partial charge in [0, 0.05) is 0 Å². The fraction of sp³-hybridized carbons (Fsp3) is 0.105. The summed E-state index contributed by atoms with van der Waals surface area (Å²) in [5.41, 5.74) is 1.40. The van der Waals surface area contributed by atoms with E-state index in [2.05, 4.69) is 5.32 Å². The zero-order valence-electron chi connectivity index (χ0n) is 14.4. The number of hydrogen-bond acceptors (Lipinski definition) is 5. The highest BCUT2D eigenvalue weighted by atomic mass is 35.5. The Balaban J connectivity index is 2.04. The Morgan fingerprint density at radius 1 is 1.15 bits per heavy atom. The molecule has 3 rings (SSSR count). The number of nitrogens with zero attached hydrogens (tertiary/aromatic N) is 1. The number of hydrogen-bond donors (Lipinski definition) is 2. The minimum Gasteiger partial charge on any atom is -0.503 e. The Hall–Kier alpha value is -3.32. The molecule has 0 saturated carbocycles. The Morgan fingerprint density at radius 2 is 1.81 bits per heavy atom. The molecule has 0 bridgehead atoms. The third-order valence-electron chi connectivity index (χ3n) is 3.98. The number of urea groups is 1. The summed E-state index contributed by atoms with van der Waals surface area (Å²) in [4.78, 5) is 38.1. The number of halogens is 1. The number of benzene rings is 2. The molecule has 7 nitrogen and oxygen atoms in total. The molecule has 1 aliphatic heterocycles. The maximum atomic E-state index is 12.8. The van der Waals surface area contributed by atoms with Crippen LogP contribution in [0.15, 0.2) is 42.0 Å². The van der Waals surface area contributed by atoms with Gasteiger partial charge in [0.1, 0.15) is 5.57 Å². The van der Waals surface area contributed by atoms with E-state index < -0.39 is 17.8 Å². The molecule has 4 amide bonds. The van der Waals surface area contributed by atoms with Gasteiger partial charge < -0.3 is 9.84 Å². The lowest BCUT2D eigenvalue weighted by Gasteiger charge is -2.26. The number of amides is 4. The second kappa shape index (κ2) is 7.13. The molecular weight excluding hydrogens is 372 g/mol. The van der Waals surface area contributed by atoms with E-state index in [9.17, 15) is 19.5 Å². The molecule has 1 aliphatic rings. The lowest BCUT2D eigenvalue weighted by molar-refractivity contribution is -0.122. The van der Waals surface area contributed by atoms with Gasteiger partial charge in [0.15, 0.2) is 11.5 Å². The molecule has 0 aliphatic carbocycles. The molecule has 1 heterocycles. The zero-order chi connectivity index (χ0) is 19.7. The molecule has 138 valence electrons. The summed E-state index contributed by atoms with van der Waals surface area (Å²) in [6.45, 7) is 1.87. The van der Waals surface area contributed by atoms with Crippen LogP contribution in [0.25, 0.3) is 6.08 Å². The topological polar surface area (TPSA) is 95.9 Å². The number of carbonyl (C=O) groups excluding carboxylic acids is 3. The molecule has 0 unspecified atom stereocenters. The number of aryl methyl sites for hydroxylation is 1. The predicted molar refractivity (Wildman–Crippen MR) is 99.8 cm³/mol. The Kier molecular flexibility index (Phi) is 4.87. The first-order valence-electron chi connectivity index (χ1n) is 7.86. The van der Waals surface area contributed by atoms with Crippen molar-refractivity contribution in [2.24, 2.45) is 0 Å². The Bertz CT molecular complexity index is 982. The molecule has 27 heavy (non-hydrogen) atoms. The van der Waals surface area contributed by atoms with Crippen LogP contribution in [-0.4, -0.2) is 30.1 Å². The zero-order valence-corrected chi connectivity index (χ0v) is 15.2. The van der Waals surface area contributed by atoms with Crippen molar-refractivity contribution in [1.29, 1.82) is 0 Å². The highest BCUT2D eigenvalue weighted by molar-refractivity contribution is 6.39. The van der Waals surface area contributed by atoms with Gasteiger partial charge in [-0.1, -0.05) is 29.3 Å². The molecular formula is C19H15ClN2O5. The fourth-order valence-electron chi connectivity index (χ4n) is 2.59. The van der Waals surface area contributed by atoms with Crippen molar-refractivity contribution in [2.75, 3.05) is 12.0 Å². The molecule has 0 radical (unpaired) electrons. The summed E-state index contributed by atoms with van der Waals surface area (Å²) in [5, 5.41) is 11.9. The number of carbonyl (C=O) groups is 3. The van der Waals surface area contributed by atoms with Crippen LogP contribution in [0.3, 0.4) is 0 Å². The van der Waals surface area contributed by atoms with Crippen LogP contribution >= 0.6 is 11.6 Å². The van der Waals surface area contributed by atoms with Crippen molar-refractivity contribution < 1.29 is 24.2 Å². The lowest BCUT2D eigenvalue weighted by Crippen LogP contribution is -2.54. The van der Waals surface area contributed by atoms with Crippen LogP contribution < -0.4 is 15.0 Å². The van der Waals surface area contributed by atoms with E-state index in [1.54, 1.807) is 24.3 Å². The van der Waals surface area contributed by atoms with Crippen LogP contribution in [-0.2, 0) is 9.59 Å². The quantitative estimate of drug-likeness (QED) is 0.624. The second-order valence-corrected chi connectivity index (χ2v) is 6.25. The number of barbiturate groups is 1. The third-order valence-corrected chi connectivity index (χ3v) is 4.26. The summed E-state index contributed by atoms with van der Waals surface area (Å²) in [6.07, 6.45) is 1.28. The van der Waals surface area contributed by atoms with E-state index in [4.69, 9.17) is 16.3 Å². The summed E-state index contributed by atoms with van der Waals surface area (Å²) in [5.74, 6) is -1.76. The minimum atomic E-state index is -0.827. The van der Waals surface area contributed by atoms with E-state index in [0.29, 0.717) is 11.3 Å². The third kappa shape index (κ3) is 3.50. The Morgan fingerprint density at radius 3 is 2.44 bits per heavy atom. The fourth-order valence-corrected chi connectivity index (χ4v) is 2.80. The summed E-state index contributed by atoms with van der Waals surface area (Å²) >= 11 is 5.94. The van der Waals surface area contributed by atoms with Gasteiger partial charge in [-0.25, -0.2) is 9.69 Å². The molecule has 1 saturated heterocycles. The number of aromatic hydroxyl groups is 1. The smallest absolute Gasteiger partial charge is 0.335 e. The number of phenols is 1. The van der Waals surface area contributed by atoms with Crippen molar-refractivity contribution in [1.82, 2.24) is 5.32 Å². The maximum absolute atomic E-state index is 12.8. The van der Waals surface area contributed by atoms with Crippen molar-refractivity contribution in [3.05, 3.63) is 58.1 Å². The SMILES string of the molecule is COc1cc(/C=C2/C(=O)NC(=O)N(c3ccc(C)cc3)C2=O)cc(Cl)c1O. The normalized spacial score (nSPS) is 15.9. The first-order chi connectivity index (χ1) is 12.8. The Labute approximate surface area is 159 Å². The summed E-state index contributed by atoms with van der Waals surface area (Å²) in [7, 11) is 1.35. The molecule has 8 heteroatoms. The van der Waals surface area contributed by atoms with Gasteiger partial charge in [-0.3, -0.25) is 14.9 Å². The van der Waals surface area contributed by atoms with Gasteiger partial charge in [-0.2, -0.15) is 0 Å². The van der Waals surface area contributed by atoms with Gasteiger partial charge in [0.2, 0.25) is 0 Å². The van der Waals surface area contributed by atoms with Crippen molar-refractivity contribution in [3.8, 4) is 11.5 Å². The van der Waals surface area contributed by atoms with Gasteiger partial charge in [0.05, 0.1) is 17.8 Å². The van der Waals surface area contributed by atoms with E-state index in [1.807, 2.05) is 6.92 Å². The minimum absolute atomic E-state index is 0.00339. The van der Waals surface area contributed by atoms with Crippen LogP contribution in [0.1, 0.15) is 11.1 Å². The van der Waals surface area contributed by atoms with Crippen molar-refractivity contribution >= 4 is 41.2 Å². The van der Waals surface area contributed by atoms with Crippen LogP contribution in [0.4, 0.5) is 10.5 Å². The number of anilines is 1. The molecule has 2 aromatic rings. The average molecular weight is 387 g/mol. The number of ether oxygens (including phenoxy) is 1. The van der Waals surface area contributed by atoms with Crippen LogP contribution in [0.2, 0.25) is 5.02 Å². The first kappa shape index (κ1) is 18.5. The monoisotopic (exact) mass is 386 g/mol. The highest BCUT2D eigenvalue weighted by Crippen LogP contribution is 2.35. The number of methoxy groups -OCH3 is 1. The predicted octanol–water partition coefficient (Wildman–Crippen LogP) is 3.03. The van der Waals surface area contributed by atoms with E-state index in [-0.39, 0.29) is 22.1 Å². The molecule has 1 fully saturated rings. The number of rotatable bonds is 3. The van der Waals surface area contributed by atoms with Crippen LogP contribution in [0.5, 0.6) is 11.5 Å². The van der Waals surface area contributed by atoms with Gasteiger partial charge in [-0.05, 0) is 42.8 Å². The largest absolute Gasteiger partial charge is 0.503 e. The van der Waals surface area contributed by atoms with Gasteiger partial charge in [-0.15, -0.1) is 0 Å². The van der Waals surface area contributed by atoms with Crippen molar-refractivity contribution in [2.45, 2.75) is 6.92 Å². The van der Waals surface area contributed by atoms with Crippen molar-refractivity contribution in [3.63, 3.8) is 0 Å². The average Bonchev–Trinajstić information content (AvgIpc) is 2.62. The molecule has 2 N–H and O–H groups in total. The second-order valence-electron chi connectivity index (χ2n) is 5.85. The number of nitrogens with one attached hydrogen (secondary N) is 1. The summed E-state index contributed by atoms with van der Waals surface area (Å²) < 4.78 is 5.01. The first-order valence-corrected chi connectivity index (χ1v) is 8.24. The molecule has 2 aromatic carbocycles. The number of phenolic OH excluding ortho intramolecular Hbond substituents is 1.